The Hall–Kier alpha value is -1.25. The zero-order chi connectivity index (χ0) is 12.5. The first-order valence-corrected chi connectivity index (χ1v) is 6.13. The van der Waals surface area contributed by atoms with Crippen LogP contribution in [0.1, 0.15) is 0 Å². The predicted molar refractivity (Wildman–Crippen MR) is 63.4 cm³/mol. The number of sulfonamides is 1. The van der Waals surface area contributed by atoms with E-state index < -0.39 is 10.0 Å². The van der Waals surface area contributed by atoms with Gasteiger partial charge in [-0.3, -0.25) is 0 Å². The normalized spacial score (nSPS) is 10.7. The molecule has 0 atom stereocenters. The van der Waals surface area contributed by atoms with Gasteiger partial charge in [0.1, 0.15) is 0 Å². The minimum atomic E-state index is -4.08. The molecule has 1 heterocycles. The first kappa shape index (κ1) is 14.8. The maximum absolute atomic E-state index is 11.3. The fraction of sp³-hybridized carbons (Fsp3) is 0. The molecule has 0 unspecified atom stereocenters. The van der Waals surface area contributed by atoms with Crippen molar-refractivity contribution in [2.24, 2.45) is 0 Å². The van der Waals surface area contributed by atoms with Gasteiger partial charge in [0.25, 0.3) is 0 Å². The zero-order valence-corrected chi connectivity index (χ0v) is 11.3. The Morgan fingerprint density at radius 1 is 1.17 bits per heavy atom. The molecule has 18 heavy (non-hydrogen) atoms. The van der Waals surface area contributed by atoms with Gasteiger partial charge in [0, 0.05) is 23.6 Å². The van der Waals surface area contributed by atoms with Gasteiger partial charge in [0.05, 0.1) is 14.9 Å². The van der Waals surface area contributed by atoms with E-state index in [1.54, 1.807) is 6.07 Å². The molecule has 0 aliphatic carbocycles. The molecule has 3 N–H and O–H groups in total. The molecule has 8 heteroatoms. The summed E-state index contributed by atoms with van der Waals surface area (Å²) in [4.78, 5) is 7.74. The van der Waals surface area contributed by atoms with E-state index >= 15 is 0 Å². The molecule has 0 bridgehead atoms. The number of nitrogen functional groups attached to an aromatic ring is 1. The van der Waals surface area contributed by atoms with E-state index in [9.17, 15) is 8.42 Å². The third-order valence-corrected chi connectivity index (χ3v) is 3.03. The van der Waals surface area contributed by atoms with Gasteiger partial charge in [-0.25, -0.2) is 18.4 Å². The van der Waals surface area contributed by atoms with Crippen LogP contribution in [0.3, 0.4) is 0 Å². The number of rotatable bonds is 2. The standard InChI is InChI=1S/C10H9N4O2S.Ag/c11-7-2-3-9(17(12,15)16)8(6-7)10-13-4-1-5-14-10;/h1-6H,11H2,(H-,12,15,16);/q-1;+1. The van der Waals surface area contributed by atoms with Crippen LogP contribution in [0.4, 0.5) is 5.69 Å². The second-order valence-corrected chi connectivity index (χ2v) is 4.78. The van der Waals surface area contributed by atoms with Crippen molar-refractivity contribution in [1.82, 2.24) is 9.97 Å². The number of hydrogen-bond acceptors (Lipinski definition) is 5. The van der Waals surface area contributed by atoms with Crippen molar-refractivity contribution in [2.75, 3.05) is 5.73 Å². The van der Waals surface area contributed by atoms with E-state index in [1.165, 1.54) is 30.6 Å². The second-order valence-electron chi connectivity index (χ2n) is 3.33. The monoisotopic (exact) mass is 356 g/mol. The van der Waals surface area contributed by atoms with Crippen molar-refractivity contribution in [3.05, 3.63) is 41.8 Å². The first-order valence-electron chi connectivity index (χ1n) is 4.65. The van der Waals surface area contributed by atoms with Crippen LogP contribution in [-0.4, -0.2) is 18.4 Å². The maximum Gasteiger partial charge on any atom is 1.00 e. The summed E-state index contributed by atoms with van der Waals surface area (Å²) in [5.41, 5.74) is 6.22. The molecular weight excluding hydrogens is 348 g/mol. The molecule has 0 spiro atoms. The van der Waals surface area contributed by atoms with E-state index in [-0.39, 0.29) is 38.7 Å². The molecule has 2 aromatic rings. The molecule has 98 valence electrons. The molecule has 0 radical (unpaired) electrons. The molecule has 0 saturated carbocycles. The topological polar surface area (TPSA) is 110 Å². The van der Waals surface area contributed by atoms with E-state index in [0.29, 0.717) is 5.69 Å². The van der Waals surface area contributed by atoms with Gasteiger partial charge >= 0.3 is 22.4 Å². The molecule has 0 aliphatic heterocycles. The van der Waals surface area contributed by atoms with Crippen LogP contribution < -0.4 is 5.73 Å². The van der Waals surface area contributed by atoms with E-state index in [2.05, 4.69) is 9.97 Å². The quantitative estimate of drug-likeness (QED) is 0.646. The summed E-state index contributed by atoms with van der Waals surface area (Å²) < 4.78 is 22.6. The average molecular weight is 357 g/mol. The third-order valence-electron chi connectivity index (χ3n) is 2.10. The van der Waals surface area contributed by atoms with Crippen LogP contribution in [-0.2, 0) is 32.4 Å². The number of benzene rings is 1. The molecule has 6 nitrogen and oxygen atoms in total. The Labute approximate surface area is 120 Å². The molecular formula is C10H9AgN4O2S. The molecule has 0 amide bonds. The summed E-state index contributed by atoms with van der Waals surface area (Å²) in [6.45, 7) is 0. The van der Waals surface area contributed by atoms with Gasteiger partial charge < -0.3 is 10.9 Å². The molecule has 1 aromatic heterocycles. The van der Waals surface area contributed by atoms with Gasteiger partial charge in [-0.1, -0.05) is 0 Å². The van der Waals surface area contributed by atoms with Crippen molar-refractivity contribution >= 4 is 15.7 Å². The molecule has 2 rings (SSSR count). The van der Waals surface area contributed by atoms with E-state index in [0.717, 1.165) is 0 Å². The zero-order valence-electron chi connectivity index (χ0n) is 8.96. The third kappa shape index (κ3) is 3.15. The van der Waals surface area contributed by atoms with Gasteiger partial charge in [-0.2, -0.15) is 0 Å². The van der Waals surface area contributed by atoms with Gasteiger partial charge in [0.15, 0.2) is 5.82 Å². The van der Waals surface area contributed by atoms with Gasteiger partial charge in [-0.05, 0) is 24.3 Å². The smallest absolute Gasteiger partial charge is 0.560 e. The van der Waals surface area contributed by atoms with E-state index in [1.807, 2.05) is 0 Å². The van der Waals surface area contributed by atoms with Gasteiger partial charge in [-0.15, -0.1) is 0 Å². The number of nitrogens with one attached hydrogen (secondary N) is 1. The summed E-state index contributed by atoms with van der Waals surface area (Å²) in [6.07, 6.45) is 2.98. The predicted octanol–water partition coefficient (Wildman–Crippen LogP) is 1.46. The Balaban J connectivity index is 0.00000162. The minimum absolute atomic E-state index is 0. The number of nitrogens with two attached hydrogens (primary N) is 1. The Kier molecular flexibility index (Phi) is 4.60. The number of nitrogens with zero attached hydrogens (tertiary/aromatic N) is 2. The van der Waals surface area contributed by atoms with Crippen LogP contribution >= 0.6 is 0 Å². The Morgan fingerprint density at radius 2 is 1.78 bits per heavy atom. The van der Waals surface area contributed by atoms with Crippen LogP contribution in [0.2, 0.25) is 0 Å². The van der Waals surface area contributed by atoms with Crippen LogP contribution in [0.15, 0.2) is 41.6 Å². The maximum atomic E-state index is 11.3. The minimum Gasteiger partial charge on any atom is -0.560 e. The second kappa shape index (κ2) is 5.59. The summed E-state index contributed by atoms with van der Waals surface area (Å²) in [7, 11) is -4.08. The summed E-state index contributed by atoms with van der Waals surface area (Å²) in [5.74, 6) is 0.227. The molecule has 0 aliphatic rings. The van der Waals surface area contributed by atoms with Crippen molar-refractivity contribution in [3.63, 3.8) is 0 Å². The van der Waals surface area contributed by atoms with E-state index in [4.69, 9.17) is 10.9 Å². The Morgan fingerprint density at radius 3 is 2.33 bits per heavy atom. The number of aromatic nitrogens is 2. The van der Waals surface area contributed by atoms with Crippen LogP contribution in [0.5, 0.6) is 0 Å². The molecule has 0 saturated heterocycles. The van der Waals surface area contributed by atoms with Crippen molar-refractivity contribution in [3.8, 4) is 11.4 Å². The van der Waals surface area contributed by atoms with Crippen molar-refractivity contribution < 1.29 is 30.8 Å². The van der Waals surface area contributed by atoms with Crippen molar-refractivity contribution in [2.45, 2.75) is 4.90 Å². The summed E-state index contributed by atoms with van der Waals surface area (Å²) in [5, 5.41) is 7.11. The largest absolute Gasteiger partial charge is 1.00 e. The molecule has 1 aromatic carbocycles. The summed E-state index contributed by atoms with van der Waals surface area (Å²) in [6, 6.07) is 5.76. The molecule has 0 fully saturated rings. The van der Waals surface area contributed by atoms with Crippen molar-refractivity contribution in [1.29, 1.82) is 0 Å². The SMILES string of the molecule is [Ag+].[NH-]S(=O)(=O)c1ccc(N)cc1-c1ncccn1. The first-order chi connectivity index (χ1) is 7.98. The fourth-order valence-corrected chi connectivity index (χ4v) is 2.08. The average Bonchev–Trinajstić information content (AvgIpc) is 2.28. The van der Waals surface area contributed by atoms with Crippen LogP contribution in [0, 0.1) is 0 Å². The fourth-order valence-electron chi connectivity index (χ4n) is 1.39. The number of anilines is 1. The Bertz CT molecular complexity index is 646. The van der Waals surface area contributed by atoms with Gasteiger partial charge in [0.2, 0.25) is 0 Å². The summed E-state index contributed by atoms with van der Waals surface area (Å²) >= 11 is 0. The number of hydrogen-bond donors (Lipinski definition) is 1. The van der Waals surface area contributed by atoms with Crippen LogP contribution in [0.25, 0.3) is 16.5 Å².